The Morgan fingerprint density at radius 3 is 2.29 bits per heavy atom. The van der Waals surface area contributed by atoms with Gasteiger partial charge in [-0.3, -0.25) is 24.6 Å². The molecule has 3 amide bonds. The Labute approximate surface area is 178 Å². The molecule has 31 heavy (non-hydrogen) atoms. The Hall–Kier alpha value is -2.62. The van der Waals surface area contributed by atoms with Gasteiger partial charge in [0.05, 0.1) is 18.0 Å². The van der Waals surface area contributed by atoms with Crippen molar-refractivity contribution in [1.82, 2.24) is 15.1 Å². The minimum Gasteiger partial charge on any atom is -0.286 e. The minimum absolute atomic E-state index is 0.0525. The Balaban J connectivity index is 1.75. The van der Waals surface area contributed by atoms with E-state index >= 15 is 0 Å². The smallest absolute Gasteiger partial charge is 0.286 e. The molecule has 1 saturated heterocycles. The summed E-state index contributed by atoms with van der Waals surface area (Å²) in [5.74, 6) is -1.28. The van der Waals surface area contributed by atoms with Gasteiger partial charge in [0.1, 0.15) is 0 Å². The number of hydrogen-bond donors (Lipinski definition) is 1. The van der Waals surface area contributed by atoms with Crippen molar-refractivity contribution in [2.45, 2.75) is 44.7 Å². The number of benzene rings is 1. The number of hydrazine groups is 1. The highest BCUT2D eigenvalue weighted by atomic mass is 19.4. The maximum Gasteiger partial charge on any atom is 0.416 e. The van der Waals surface area contributed by atoms with Gasteiger partial charge in [-0.15, -0.1) is 0 Å². The van der Waals surface area contributed by atoms with Gasteiger partial charge in [0.2, 0.25) is 12.3 Å². The van der Waals surface area contributed by atoms with E-state index in [2.05, 4.69) is 0 Å². The second-order valence-corrected chi connectivity index (χ2v) is 8.13. The minimum atomic E-state index is -4.50. The second-order valence-electron chi connectivity index (χ2n) is 8.13. The first kappa shape index (κ1) is 23.1. The number of carbonyl (C=O) groups excluding carboxylic acids is 3. The largest absolute Gasteiger partial charge is 0.416 e. The van der Waals surface area contributed by atoms with Crippen molar-refractivity contribution in [1.29, 1.82) is 0 Å². The van der Waals surface area contributed by atoms with Crippen molar-refractivity contribution in [3.8, 4) is 0 Å². The standard InChI is InChI=1S/C21H26F3N3O4/c22-21(23,24)18-8-6-16(7-9-18)19(29)26-10-3-11-27(26)20(30)17(13-25(31)14-28)12-15-4-1-2-5-15/h6-9,14-15,17,31H,1-5,10-13H2. The zero-order chi connectivity index (χ0) is 22.6. The van der Waals surface area contributed by atoms with E-state index in [1.165, 1.54) is 10.0 Å². The third-order valence-electron chi connectivity index (χ3n) is 5.95. The van der Waals surface area contributed by atoms with E-state index < -0.39 is 23.6 Å². The molecule has 1 aromatic carbocycles. The van der Waals surface area contributed by atoms with Crippen molar-refractivity contribution in [2.75, 3.05) is 19.6 Å². The molecule has 170 valence electrons. The van der Waals surface area contributed by atoms with E-state index in [-0.39, 0.29) is 31.0 Å². The Morgan fingerprint density at radius 1 is 1.10 bits per heavy atom. The fourth-order valence-electron chi connectivity index (χ4n) is 4.38. The molecule has 0 radical (unpaired) electrons. The normalized spacial score (nSPS) is 18.3. The quantitative estimate of drug-likeness (QED) is 0.400. The van der Waals surface area contributed by atoms with Gasteiger partial charge >= 0.3 is 6.18 Å². The molecule has 0 aromatic heterocycles. The molecular formula is C21H26F3N3O4. The molecule has 1 aromatic rings. The van der Waals surface area contributed by atoms with Gasteiger partial charge in [0, 0.05) is 18.7 Å². The predicted octanol–water partition coefficient (Wildman–Crippen LogP) is 3.34. The van der Waals surface area contributed by atoms with Gasteiger partial charge in [-0.25, -0.2) is 10.1 Å². The van der Waals surface area contributed by atoms with Crippen molar-refractivity contribution < 1.29 is 32.8 Å². The number of hydroxylamine groups is 2. The highest BCUT2D eigenvalue weighted by Gasteiger charge is 2.37. The summed E-state index contributed by atoms with van der Waals surface area (Å²) in [5, 5.41) is 12.7. The zero-order valence-electron chi connectivity index (χ0n) is 17.1. The van der Waals surface area contributed by atoms with Gasteiger partial charge in [0.25, 0.3) is 5.91 Å². The molecule has 3 rings (SSSR count). The summed E-state index contributed by atoms with van der Waals surface area (Å²) in [6, 6.07) is 3.88. The first-order valence-electron chi connectivity index (χ1n) is 10.4. The zero-order valence-corrected chi connectivity index (χ0v) is 17.1. The average Bonchev–Trinajstić information content (AvgIpc) is 3.43. The van der Waals surface area contributed by atoms with Crippen LogP contribution in [0.3, 0.4) is 0 Å². The van der Waals surface area contributed by atoms with Crippen molar-refractivity contribution in [3.63, 3.8) is 0 Å². The van der Waals surface area contributed by atoms with E-state index in [9.17, 15) is 32.8 Å². The molecule has 1 saturated carbocycles. The second kappa shape index (κ2) is 9.67. The van der Waals surface area contributed by atoms with Crippen LogP contribution in [0.2, 0.25) is 0 Å². The molecule has 1 N–H and O–H groups in total. The lowest BCUT2D eigenvalue weighted by molar-refractivity contribution is -0.160. The molecule has 10 heteroatoms. The molecule has 1 aliphatic heterocycles. The van der Waals surface area contributed by atoms with Crippen LogP contribution in [-0.4, -0.2) is 58.1 Å². The van der Waals surface area contributed by atoms with Gasteiger partial charge in [0.15, 0.2) is 0 Å². The maximum atomic E-state index is 13.2. The number of rotatable bonds is 7. The number of alkyl halides is 3. The monoisotopic (exact) mass is 441 g/mol. The highest BCUT2D eigenvalue weighted by molar-refractivity contribution is 5.96. The molecule has 1 atom stereocenters. The van der Waals surface area contributed by atoms with Crippen LogP contribution in [0, 0.1) is 11.8 Å². The summed E-state index contributed by atoms with van der Waals surface area (Å²) in [4.78, 5) is 37.0. The number of nitrogens with zero attached hydrogens (tertiary/aromatic N) is 3. The van der Waals surface area contributed by atoms with E-state index in [1.54, 1.807) is 0 Å². The summed E-state index contributed by atoms with van der Waals surface area (Å²) in [6.07, 6.45) is 0.875. The fourth-order valence-corrected chi connectivity index (χ4v) is 4.38. The van der Waals surface area contributed by atoms with Gasteiger partial charge in [-0.2, -0.15) is 13.2 Å². The summed E-state index contributed by atoms with van der Waals surface area (Å²) in [7, 11) is 0. The van der Waals surface area contributed by atoms with Crippen molar-refractivity contribution in [2.24, 2.45) is 11.8 Å². The third-order valence-corrected chi connectivity index (χ3v) is 5.95. The fraction of sp³-hybridized carbons (Fsp3) is 0.571. The third kappa shape index (κ3) is 5.55. The summed E-state index contributed by atoms with van der Waals surface area (Å²) < 4.78 is 38.3. The Kier molecular flexibility index (Phi) is 7.19. The summed E-state index contributed by atoms with van der Waals surface area (Å²) in [5.41, 5.74) is -0.802. The van der Waals surface area contributed by atoms with E-state index in [4.69, 9.17) is 0 Å². The Bertz CT molecular complexity index is 794. The van der Waals surface area contributed by atoms with Crippen LogP contribution in [0.15, 0.2) is 24.3 Å². The van der Waals surface area contributed by atoms with E-state index in [0.717, 1.165) is 49.9 Å². The molecule has 2 aliphatic rings. The lowest BCUT2D eigenvalue weighted by atomic mass is 9.92. The predicted molar refractivity (Wildman–Crippen MR) is 103 cm³/mol. The lowest BCUT2D eigenvalue weighted by Gasteiger charge is -2.32. The SMILES string of the molecule is O=CN(O)CC(CC1CCCC1)C(=O)N1CCCN1C(=O)c1ccc(C(F)(F)F)cc1. The van der Waals surface area contributed by atoms with Crippen molar-refractivity contribution in [3.05, 3.63) is 35.4 Å². The van der Waals surface area contributed by atoms with Crippen LogP contribution in [0.5, 0.6) is 0 Å². The Morgan fingerprint density at radius 2 is 1.71 bits per heavy atom. The summed E-state index contributed by atoms with van der Waals surface area (Å²) in [6.45, 7) is 0.384. The number of amides is 3. The van der Waals surface area contributed by atoms with Crippen LogP contribution < -0.4 is 0 Å². The molecular weight excluding hydrogens is 415 g/mol. The van der Waals surface area contributed by atoms with Gasteiger partial charge in [-0.1, -0.05) is 25.7 Å². The van der Waals surface area contributed by atoms with E-state index in [1.807, 2.05) is 0 Å². The van der Waals surface area contributed by atoms with Crippen LogP contribution >= 0.6 is 0 Å². The number of halogens is 3. The van der Waals surface area contributed by atoms with Gasteiger partial charge < -0.3 is 0 Å². The van der Waals surface area contributed by atoms with Crippen LogP contribution in [0.4, 0.5) is 13.2 Å². The maximum absolute atomic E-state index is 13.2. The van der Waals surface area contributed by atoms with E-state index in [0.29, 0.717) is 30.4 Å². The average molecular weight is 441 g/mol. The molecule has 0 spiro atoms. The topological polar surface area (TPSA) is 81.2 Å². The highest BCUT2D eigenvalue weighted by Crippen LogP contribution is 2.32. The number of hydrogen-bond acceptors (Lipinski definition) is 4. The lowest BCUT2D eigenvalue weighted by Crippen LogP contribution is -2.49. The first-order chi connectivity index (χ1) is 14.7. The molecule has 0 bridgehead atoms. The molecule has 7 nitrogen and oxygen atoms in total. The summed E-state index contributed by atoms with van der Waals surface area (Å²) >= 11 is 0. The van der Waals surface area contributed by atoms with Gasteiger partial charge in [-0.05, 0) is 43.0 Å². The number of carbonyl (C=O) groups is 3. The van der Waals surface area contributed by atoms with Crippen LogP contribution in [-0.2, 0) is 15.8 Å². The molecule has 1 aliphatic carbocycles. The molecule has 1 heterocycles. The molecule has 1 unspecified atom stereocenters. The molecule has 2 fully saturated rings. The van der Waals surface area contributed by atoms with Crippen molar-refractivity contribution >= 4 is 18.2 Å². The van der Waals surface area contributed by atoms with Crippen LogP contribution in [0.25, 0.3) is 0 Å². The van der Waals surface area contributed by atoms with Crippen LogP contribution in [0.1, 0.15) is 54.4 Å². The first-order valence-corrected chi connectivity index (χ1v) is 10.4.